The Morgan fingerprint density at radius 3 is 1.65 bits per heavy atom. The second kappa shape index (κ2) is 15.5. The molecule has 3 rings (SSSR count). The van der Waals surface area contributed by atoms with E-state index in [1.807, 2.05) is 0 Å². The van der Waals surface area contributed by atoms with Gasteiger partial charge < -0.3 is 29.5 Å². The number of alkyl halides is 3. The molecule has 0 aliphatic heterocycles. The summed E-state index contributed by atoms with van der Waals surface area (Å²) in [6.07, 6.45) is -6.15. The lowest BCUT2D eigenvalue weighted by Gasteiger charge is -2.34. The van der Waals surface area contributed by atoms with E-state index in [-0.39, 0.29) is 23.6 Å². The van der Waals surface area contributed by atoms with E-state index in [0.717, 1.165) is 12.1 Å². The van der Waals surface area contributed by atoms with Crippen LogP contribution in [0.1, 0.15) is 90.3 Å². The number of hydrogen-bond acceptors (Lipinski definition) is 9. The maximum Gasteiger partial charge on any atom is 0.430 e. The van der Waals surface area contributed by atoms with E-state index in [9.17, 15) is 37.6 Å². The lowest BCUT2D eigenvalue weighted by Crippen LogP contribution is -2.59. The van der Waals surface area contributed by atoms with E-state index in [2.05, 4.69) is 5.32 Å². The zero-order valence-electron chi connectivity index (χ0n) is 30.0. The van der Waals surface area contributed by atoms with Crippen LogP contribution in [-0.4, -0.2) is 54.3 Å². The highest BCUT2D eigenvalue weighted by molar-refractivity contribution is 6.00. The first-order chi connectivity index (χ1) is 23.5. The molecule has 0 bridgehead atoms. The number of hydrogen-bond donors (Lipinski definition) is 1. The molecule has 3 aromatic rings. The number of pyridine rings is 1. The molecule has 2 aromatic carbocycles. The smallest absolute Gasteiger partial charge is 0.430 e. The average molecular weight is 717 g/mol. The van der Waals surface area contributed by atoms with Crippen molar-refractivity contribution in [3.05, 3.63) is 105 Å². The number of carbonyl (C=O) groups is 4. The molecule has 11 nitrogen and oxygen atoms in total. The Kier molecular flexibility index (Phi) is 12.3. The highest BCUT2D eigenvalue weighted by atomic mass is 19.4. The second-order valence-electron chi connectivity index (χ2n) is 13.8. The Bertz CT molecular complexity index is 1690. The SMILES string of the molecule is CO[C@](C(=O)N[C@@H](Cc1c(C(=O)OC(C)(C)C)c(C)[n+]([O-])c(C)c1C(=O)OC(C)(C)C)C(=O)OCc1ccccc1)(c1ccccc1)C(F)(F)F. The third-order valence-corrected chi connectivity index (χ3v) is 7.57. The summed E-state index contributed by atoms with van der Waals surface area (Å²) in [4.78, 5) is 55.2. The highest BCUT2D eigenvalue weighted by Gasteiger charge is 2.63. The Hall–Kier alpha value is -4.98. The molecule has 0 spiro atoms. The summed E-state index contributed by atoms with van der Waals surface area (Å²) < 4.78 is 66.5. The molecule has 14 heteroatoms. The molecule has 1 amide bonds. The van der Waals surface area contributed by atoms with E-state index in [1.54, 1.807) is 71.9 Å². The molecule has 1 aromatic heterocycles. The van der Waals surface area contributed by atoms with Gasteiger partial charge in [0.1, 0.15) is 35.0 Å². The number of amides is 1. The van der Waals surface area contributed by atoms with Gasteiger partial charge in [0.15, 0.2) is 0 Å². The summed E-state index contributed by atoms with van der Waals surface area (Å²) in [5.74, 6) is -5.14. The Morgan fingerprint density at radius 2 is 1.24 bits per heavy atom. The third kappa shape index (κ3) is 9.43. The maximum absolute atomic E-state index is 14.9. The summed E-state index contributed by atoms with van der Waals surface area (Å²) in [6, 6.07) is 12.4. The monoisotopic (exact) mass is 716 g/mol. The number of ether oxygens (including phenoxy) is 4. The standard InChI is InChI=1S/C37H43F3N2O9/c1-22-28(31(44)50-34(3,4)5)26(29(23(2)42(22)47)32(45)51-35(6,7)8)20-27(30(43)49-21-24-16-12-10-13-17-24)41-33(46)36(48-9,37(38,39)40)25-18-14-11-15-19-25/h10-19,27H,20-21H2,1-9H3,(H,41,46)/t27-,36-/m0/s1. The first kappa shape index (κ1) is 40.4. The summed E-state index contributed by atoms with van der Waals surface area (Å²) in [7, 11) is 0.695. The van der Waals surface area contributed by atoms with Gasteiger partial charge in [0.2, 0.25) is 11.4 Å². The van der Waals surface area contributed by atoms with Gasteiger partial charge in [0, 0.05) is 32.9 Å². The topological polar surface area (TPSA) is 144 Å². The summed E-state index contributed by atoms with van der Waals surface area (Å²) in [6.45, 7) is 11.6. The van der Waals surface area contributed by atoms with E-state index in [4.69, 9.17) is 18.9 Å². The minimum atomic E-state index is -5.34. The maximum atomic E-state index is 14.9. The van der Waals surface area contributed by atoms with Crippen molar-refractivity contribution in [1.82, 2.24) is 5.32 Å². The molecule has 0 radical (unpaired) electrons. The van der Waals surface area contributed by atoms with Gasteiger partial charge in [-0.05, 0) is 52.7 Å². The Morgan fingerprint density at radius 1 is 0.784 bits per heavy atom. The van der Waals surface area contributed by atoms with Gasteiger partial charge in [-0.1, -0.05) is 60.7 Å². The zero-order chi connectivity index (χ0) is 38.5. The molecular formula is C37H43F3N2O9. The van der Waals surface area contributed by atoms with Crippen LogP contribution in [0, 0.1) is 19.1 Å². The number of nitrogens with zero attached hydrogens (tertiary/aromatic N) is 1. The number of aromatic nitrogens is 1. The van der Waals surface area contributed by atoms with Crippen LogP contribution in [0.5, 0.6) is 0 Å². The number of methoxy groups -OCH3 is 1. The molecule has 1 N–H and O–H groups in total. The number of halogens is 3. The van der Waals surface area contributed by atoms with Crippen molar-refractivity contribution in [3.8, 4) is 0 Å². The first-order valence-electron chi connectivity index (χ1n) is 15.9. The van der Waals surface area contributed by atoms with Crippen molar-refractivity contribution in [1.29, 1.82) is 0 Å². The first-order valence-corrected chi connectivity index (χ1v) is 15.9. The van der Waals surface area contributed by atoms with Crippen molar-refractivity contribution in [2.45, 2.75) is 97.4 Å². The number of carbonyl (C=O) groups excluding carboxylic acids is 4. The van der Waals surface area contributed by atoms with Crippen molar-refractivity contribution >= 4 is 23.8 Å². The van der Waals surface area contributed by atoms with E-state index >= 15 is 0 Å². The molecule has 2 atom stereocenters. The molecule has 0 unspecified atom stereocenters. The van der Waals surface area contributed by atoms with E-state index in [1.165, 1.54) is 32.0 Å². The lowest BCUT2D eigenvalue weighted by atomic mass is 9.89. The average Bonchev–Trinajstić information content (AvgIpc) is 3.01. The van der Waals surface area contributed by atoms with Gasteiger partial charge in [-0.2, -0.15) is 17.9 Å². The van der Waals surface area contributed by atoms with Crippen LogP contribution >= 0.6 is 0 Å². The van der Waals surface area contributed by atoms with Crippen LogP contribution in [0.4, 0.5) is 13.2 Å². The fourth-order valence-corrected chi connectivity index (χ4v) is 5.33. The fraction of sp³-hybridized carbons (Fsp3) is 0.432. The number of benzene rings is 2. The predicted molar refractivity (Wildman–Crippen MR) is 178 cm³/mol. The van der Waals surface area contributed by atoms with Gasteiger partial charge in [-0.3, -0.25) is 4.79 Å². The number of rotatable bonds is 11. The van der Waals surface area contributed by atoms with E-state index in [0.29, 0.717) is 17.4 Å². The minimum absolute atomic E-state index is 0.238. The van der Waals surface area contributed by atoms with Crippen molar-refractivity contribution in [2.75, 3.05) is 7.11 Å². The van der Waals surface area contributed by atoms with Crippen LogP contribution in [0.15, 0.2) is 60.7 Å². The second-order valence-corrected chi connectivity index (χ2v) is 13.8. The summed E-state index contributed by atoms with van der Waals surface area (Å²) in [5, 5.41) is 15.5. The lowest BCUT2D eigenvalue weighted by molar-refractivity contribution is -0.619. The van der Waals surface area contributed by atoms with Gasteiger partial charge in [0.25, 0.3) is 11.5 Å². The highest BCUT2D eigenvalue weighted by Crippen LogP contribution is 2.42. The quantitative estimate of drug-likeness (QED) is 0.114. The molecule has 51 heavy (non-hydrogen) atoms. The van der Waals surface area contributed by atoms with Gasteiger partial charge in [-0.15, -0.1) is 0 Å². The van der Waals surface area contributed by atoms with Crippen LogP contribution in [0.25, 0.3) is 0 Å². The molecule has 276 valence electrons. The predicted octanol–water partition coefficient (Wildman–Crippen LogP) is 5.72. The van der Waals surface area contributed by atoms with E-state index < -0.39 is 75.9 Å². The Labute approximate surface area is 294 Å². The van der Waals surface area contributed by atoms with Crippen LogP contribution in [0.2, 0.25) is 0 Å². The normalized spacial score (nSPS) is 13.8. The number of nitrogens with one attached hydrogen (secondary N) is 1. The molecule has 1 heterocycles. The number of esters is 3. The van der Waals surface area contributed by atoms with Gasteiger partial charge in [-0.25, -0.2) is 14.4 Å². The molecule has 0 saturated carbocycles. The van der Waals surface area contributed by atoms with Crippen LogP contribution in [-0.2, 0) is 47.2 Å². The summed E-state index contributed by atoms with van der Waals surface area (Å²) >= 11 is 0. The van der Waals surface area contributed by atoms with Gasteiger partial charge >= 0.3 is 24.1 Å². The molecule has 0 fully saturated rings. The van der Waals surface area contributed by atoms with Crippen molar-refractivity contribution in [3.63, 3.8) is 0 Å². The van der Waals surface area contributed by atoms with Crippen LogP contribution < -0.4 is 10.0 Å². The van der Waals surface area contributed by atoms with Crippen molar-refractivity contribution in [2.24, 2.45) is 0 Å². The zero-order valence-corrected chi connectivity index (χ0v) is 30.0. The summed E-state index contributed by atoms with van der Waals surface area (Å²) in [5.41, 5.74) is -7.54. The largest absolute Gasteiger partial charge is 0.618 e. The Balaban J connectivity index is 2.31. The minimum Gasteiger partial charge on any atom is -0.618 e. The molecule has 0 saturated heterocycles. The molecular weight excluding hydrogens is 673 g/mol. The molecule has 0 aliphatic rings. The van der Waals surface area contributed by atoms with Gasteiger partial charge in [0.05, 0.1) is 0 Å². The third-order valence-electron chi connectivity index (χ3n) is 7.57. The molecule has 0 aliphatic carbocycles. The van der Waals surface area contributed by atoms with Crippen LogP contribution in [0.3, 0.4) is 0 Å². The van der Waals surface area contributed by atoms with Crippen molar-refractivity contribution < 1.29 is 56.0 Å². The fourth-order valence-electron chi connectivity index (χ4n) is 5.33.